The molecule has 5 fully saturated rings. The van der Waals surface area contributed by atoms with Crippen molar-refractivity contribution in [2.75, 3.05) is 13.1 Å². The van der Waals surface area contributed by atoms with Gasteiger partial charge in [-0.25, -0.2) is 0 Å². The molecule has 1 N–H and O–H groups in total. The van der Waals surface area contributed by atoms with Gasteiger partial charge in [0.25, 0.3) is 0 Å². The molecule has 19 heavy (non-hydrogen) atoms. The summed E-state index contributed by atoms with van der Waals surface area (Å²) in [6.45, 7) is 8.94. The SMILES string of the molecule is CC1(C)CNCC(C)(C2C3CC4CC(C3)CC2C4)O1. The van der Waals surface area contributed by atoms with Gasteiger partial charge in [-0.2, -0.15) is 0 Å². The maximum Gasteiger partial charge on any atom is 0.0819 e. The lowest BCUT2D eigenvalue weighted by atomic mass is 9.49. The van der Waals surface area contributed by atoms with Gasteiger partial charge in [0, 0.05) is 13.1 Å². The summed E-state index contributed by atoms with van der Waals surface area (Å²) < 4.78 is 6.62. The van der Waals surface area contributed by atoms with E-state index in [1.807, 2.05) is 0 Å². The Balaban J connectivity index is 1.61. The standard InChI is InChI=1S/C17H29NO/c1-16(2)9-18-10-17(3,19-16)15-13-5-11-4-12(7-13)8-14(15)6-11/h11-15,18H,4-10H2,1-3H3. The highest BCUT2D eigenvalue weighted by Crippen LogP contribution is 2.60. The average Bonchev–Trinajstić information content (AvgIpc) is 2.24. The summed E-state index contributed by atoms with van der Waals surface area (Å²) in [7, 11) is 0. The topological polar surface area (TPSA) is 21.3 Å². The molecule has 5 rings (SSSR count). The molecular formula is C17H29NO. The van der Waals surface area contributed by atoms with Gasteiger partial charge in [-0.3, -0.25) is 0 Å². The molecule has 1 unspecified atom stereocenters. The molecule has 0 radical (unpaired) electrons. The monoisotopic (exact) mass is 263 g/mol. The van der Waals surface area contributed by atoms with Crippen molar-refractivity contribution in [2.24, 2.45) is 29.6 Å². The predicted molar refractivity (Wildman–Crippen MR) is 77.0 cm³/mol. The van der Waals surface area contributed by atoms with Crippen molar-refractivity contribution in [2.45, 2.75) is 64.1 Å². The lowest BCUT2D eigenvalue weighted by molar-refractivity contribution is -0.222. The van der Waals surface area contributed by atoms with Gasteiger partial charge in [-0.05, 0) is 82.5 Å². The molecule has 2 heteroatoms. The Morgan fingerprint density at radius 3 is 1.95 bits per heavy atom. The Bertz CT molecular complexity index is 349. The van der Waals surface area contributed by atoms with Crippen molar-refractivity contribution in [3.8, 4) is 0 Å². The zero-order valence-electron chi connectivity index (χ0n) is 12.7. The minimum absolute atomic E-state index is 0.00165. The van der Waals surface area contributed by atoms with Crippen LogP contribution in [0.25, 0.3) is 0 Å². The van der Waals surface area contributed by atoms with Crippen molar-refractivity contribution in [3.05, 3.63) is 0 Å². The van der Waals surface area contributed by atoms with Crippen LogP contribution in [0.15, 0.2) is 0 Å². The fourth-order valence-corrected chi connectivity index (χ4v) is 6.42. The number of rotatable bonds is 1. The van der Waals surface area contributed by atoms with E-state index in [1.165, 1.54) is 25.7 Å². The van der Waals surface area contributed by atoms with E-state index in [1.54, 1.807) is 6.42 Å². The van der Waals surface area contributed by atoms with E-state index in [0.29, 0.717) is 0 Å². The first-order valence-electron chi connectivity index (χ1n) is 8.36. The van der Waals surface area contributed by atoms with Crippen LogP contribution in [-0.4, -0.2) is 24.3 Å². The Kier molecular flexibility index (Phi) is 2.65. The highest BCUT2D eigenvalue weighted by Gasteiger charge is 2.56. The second kappa shape index (κ2) is 3.98. The molecule has 4 bridgehead atoms. The Morgan fingerprint density at radius 1 is 0.842 bits per heavy atom. The summed E-state index contributed by atoms with van der Waals surface area (Å²) in [6, 6.07) is 0. The van der Waals surface area contributed by atoms with Crippen LogP contribution in [0, 0.1) is 29.6 Å². The van der Waals surface area contributed by atoms with Crippen LogP contribution in [0.4, 0.5) is 0 Å². The van der Waals surface area contributed by atoms with Crippen LogP contribution >= 0.6 is 0 Å². The first kappa shape index (κ1) is 12.6. The van der Waals surface area contributed by atoms with Gasteiger partial charge in [-0.1, -0.05) is 0 Å². The van der Waals surface area contributed by atoms with Crippen molar-refractivity contribution in [3.63, 3.8) is 0 Å². The third-order valence-corrected chi connectivity index (χ3v) is 6.47. The van der Waals surface area contributed by atoms with Gasteiger partial charge < -0.3 is 10.1 Å². The van der Waals surface area contributed by atoms with Gasteiger partial charge in [-0.15, -0.1) is 0 Å². The molecule has 0 aromatic carbocycles. The molecule has 1 atom stereocenters. The molecule has 4 aliphatic carbocycles. The first-order valence-corrected chi connectivity index (χ1v) is 8.36. The van der Waals surface area contributed by atoms with Gasteiger partial charge in [0.1, 0.15) is 0 Å². The molecule has 1 heterocycles. The number of nitrogens with one attached hydrogen (secondary N) is 1. The quantitative estimate of drug-likeness (QED) is 0.784. The van der Waals surface area contributed by atoms with Gasteiger partial charge in [0.2, 0.25) is 0 Å². The summed E-state index contributed by atoms with van der Waals surface area (Å²) in [5.41, 5.74) is 0.0754. The van der Waals surface area contributed by atoms with Crippen LogP contribution in [0.2, 0.25) is 0 Å². The lowest BCUT2D eigenvalue weighted by Gasteiger charge is -2.61. The first-order chi connectivity index (χ1) is 8.95. The third-order valence-electron chi connectivity index (χ3n) is 6.47. The van der Waals surface area contributed by atoms with Gasteiger partial charge >= 0.3 is 0 Å². The number of hydrogen-bond donors (Lipinski definition) is 1. The van der Waals surface area contributed by atoms with E-state index < -0.39 is 0 Å². The minimum Gasteiger partial charge on any atom is -0.366 e. The average molecular weight is 263 g/mol. The Labute approximate surface area is 117 Å². The van der Waals surface area contributed by atoms with Crippen LogP contribution < -0.4 is 5.32 Å². The smallest absolute Gasteiger partial charge is 0.0819 e. The minimum atomic E-state index is 0.00165. The van der Waals surface area contributed by atoms with E-state index in [4.69, 9.17) is 4.74 Å². The van der Waals surface area contributed by atoms with E-state index >= 15 is 0 Å². The zero-order chi connectivity index (χ0) is 13.3. The molecule has 0 amide bonds. The molecule has 4 saturated carbocycles. The van der Waals surface area contributed by atoms with Crippen molar-refractivity contribution in [1.29, 1.82) is 0 Å². The van der Waals surface area contributed by atoms with E-state index in [9.17, 15) is 0 Å². The van der Waals surface area contributed by atoms with Crippen molar-refractivity contribution in [1.82, 2.24) is 5.32 Å². The second-order valence-electron chi connectivity index (χ2n) is 8.73. The van der Waals surface area contributed by atoms with Crippen LogP contribution in [0.5, 0.6) is 0 Å². The maximum atomic E-state index is 6.62. The fraction of sp³-hybridized carbons (Fsp3) is 1.00. The normalized spacial score (nSPS) is 55.4. The third kappa shape index (κ3) is 1.98. The highest BCUT2D eigenvalue weighted by molar-refractivity contribution is 5.06. The van der Waals surface area contributed by atoms with Crippen LogP contribution in [-0.2, 0) is 4.74 Å². The Morgan fingerprint density at radius 2 is 1.42 bits per heavy atom. The van der Waals surface area contributed by atoms with Crippen molar-refractivity contribution >= 4 is 0 Å². The summed E-state index contributed by atoms with van der Waals surface area (Å²) in [4.78, 5) is 0. The lowest BCUT2D eigenvalue weighted by Crippen LogP contribution is -2.64. The number of hydrogen-bond acceptors (Lipinski definition) is 2. The summed E-state index contributed by atoms with van der Waals surface area (Å²) in [6.07, 6.45) is 7.53. The maximum absolute atomic E-state index is 6.62. The molecule has 1 saturated heterocycles. The number of ether oxygens (including phenoxy) is 1. The molecular weight excluding hydrogens is 234 g/mol. The van der Waals surface area contributed by atoms with Crippen molar-refractivity contribution < 1.29 is 4.74 Å². The van der Waals surface area contributed by atoms with Gasteiger partial charge in [0.15, 0.2) is 0 Å². The fourth-order valence-electron chi connectivity index (χ4n) is 6.42. The van der Waals surface area contributed by atoms with E-state index in [2.05, 4.69) is 26.1 Å². The number of morpholine rings is 1. The zero-order valence-corrected chi connectivity index (χ0v) is 12.7. The molecule has 0 aromatic rings. The van der Waals surface area contributed by atoms with Crippen LogP contribution in [0.3, 0.4) is 0 Å². The predicted octanol–water partition coefficient (Wildman–Crippen LogP) is 3.22. The molecule has 5 aliphatic rings. The molecule has 1 aliphatic heterocycles. The molecule has 2 nitrogen and oxygen atoms in total. The molecule has 0 aromatic heterocycles. The largest absolute Gasteiger partial charge is 0.366 e. The van der Waals surface area contributed by atoms with E-state index in [-0.39, 0.29) is 11.2 Å². The van der Waals surface area contributed by atoms with Gasteiger partial charge in [0.05, 0.1) is 11.2 Å². The molecule has 0 spiro atoms. The second-order valence-corrected chi connectivity index (χ2v) is 8.73. The Hall–Kier alpha value is -0.0800. The summed E-state index contributed by atoms with van der Waals surface area (Å²) >= 11 is 0. The summed E-state index contributed by atoms with van der Waals surface area (Å²) in [5.74, 6) is 4.85. The van der Waals surface area contributed by atoms with Crippen LogP contribution in [0.1, 0.15) is 52.9 Å². The van der Waals surface area contributed by atoms with E-state index in [0.717, 1.165) is 42.7 Å². The molecule has 108 valence electrons. The highest BCUT2D eigenvalue weighted by atomic mass is 16.5. The summed E-state index contributed by atoms with van der Waals surface area (Å²) in [5, 5.41) is 3.65.